The Morgan fingerprint density at radius 3 is 2.60 bits per heavy atom. The highest BCUT2D eigenvalue weighted by Crippen LogP contribution is 2.29. The Kier molecular flexibility index (Phi) is 6.00. The van der Waals surface area contributed by atoms with Crippen molar-refractivity contribution in [2.75, 3.05) is 6.54 Å². The molecule has 0 amide bonds. The first-order valence-corrected chi connectivity index (χ1v) is 6.60. The maximum absolute atomic E-state index is 4.04. The Bertz CT molecular complexity index is 180. The first-order valence-electron chi connectivity index (χ1n) is 6.60. The van der Waals surface area contributed by atoms with Crippen molar-refractivity contribution in [3.63, 3.8) is 0 Å². The number of nitrogens with one attached hydrogen (secondary N) is 1. The Morgan fingerprint density at radius 2 is 2.07 bits per heavy atom. The van der Waals surface area contributed by atoms with Gasteiger partial charge in [0.1, 0.15) is 0 Å². The molecule has 0 radical (unpaired) electrons. The van der Waals surface area contributed by atoms with Gasteiger partial charge in [0, 0.05) is 6.04 Å². The summed E-state index contributed by atoms with van der Waals surface area (Å²) in [6.45, 7) is 9.58. The molecule has 0 heterocycles. The molecule has 1 unspecified atom stereocenters. The molecule has 88 valence electrons. The molecule has 1 rings (SSSR count). The summed E-state index contributed by atoms with van der Waals surface area (Å²) in [4.78, 5) is 0. The van der Waals surface area contributed by atoms with Gasteiger partial charge in [0.15, 0.2) is 0 Å². The van der Waals surface area contributed by atoms with Crippen LogP contribution < -0.4 is 5.32 Å². The van der Waals surface area contributed by atoms with E-state index >= 15 is 0 Å². The lowest BCUT2D eigenvalue weighted by molar-refractivity contribution is 0.384. The Labute approximate surface area is 95.3 Å². The molecule has 1 saturated carbocycles. The number of hydrogen-bond acceptors (Lipinski definition) is 1. The summed E-state index contributed by atoms with van der Waals surface area (Å²) in [5, 5.41) is 3.67. The third-order valence-corrected chi connectivity index (χ3v) is 3.37. The van der Waals surface area contributed by atoms with E-state index in [0.717, 1.165) is 18.9 Å². The van der Waals surface area contributed by atoms with Gasteiger partial charge in [0.05, 0.1) is 0 Å². The number of hydrogen-bond donors (Lipinski definition) is 1. The molecule has 1 aliphatic carbocycles. The van der Waals surface area contributed by atoms with Gasteiger partial charge >= 0.3 is 0 Å². The van der Waals surface area contributed by atoms with Crippen LogP contribution in [0.1, 0.15) is 58.8 Å². The predicted molar refractivity (Wildman–Crippen MR) is 68.1 cm³/mol. The number of rotatable bonds is 7. The van der Waals surface area contributed by atoms with Crippen molar-refractivity contribution in [2.24, 2.45) is 5.92 Å². The van der Waals surface area contributed by atoms with Gasteiger partial charge in [-0.1, -0.05) is 38.2 Å². The van der Waals surface area contributed by atoms with Gasteiger partial charge in [-0.25, -0.2) is 0 Å². The first-order chi connectivity index (χ1) is 7.22. The topological polar surface area (TPSA) is 12.0 Å². The Balaban J connectivity index is 2.29. The molecule has 0 aromatic rings. The van der Waals surface area contributed by atoms with E-state index in [1.54, 1.807) is 0 Å². The van der Waals surface area contributed by atoms with Gasteiger partial charge in [-0.05, 0) is 38.6 Å². The highest BCUT2D eigenvalue weighted by Gasteiger charge is 2.19. The summed E-state index contributed by atoms with van der Waals surface area (Å²) in [7, 11) is 0. The van der Waals surface area contributed by atoms with E-state index in [1.807, 2.05) is 0 Å². The first kappa shape index (κ1) is 12.8. The van der Waals surface area contributed by atoms with Gasteiger partial charge in [-0.3, -0.25) is 0 Å². The molecular formula is C14H27N. The van der Waals surface area contributed by atoms with E-state index < -0.39 is 0 Å². The molecule has 0 spiro atoms. The molecule has 0 bridgehead atoms. The van der Waals surface area contributed by atoms with E-state index in [4.69, 9.17) is 0 Å². The molecule has 1 N–H and O–H groups in total. The summed E-state index contributed by atoms with van der Waals surface area (Å²) in [5.41, 5.74) is 1.32. The van der Waals surface area contributed by atoms with Crippen LogP contribution in [-0.4, -0.2) is 12.6 Å². The van der Waals surface area contributed by atoms with Crippen LogP contribution >= 0.6 is 0 Å². The predicted octanol–water partition coefficient (Wildman–Crippen LogP) is 3.90. The van der Waals surface area contributed by atoms with Crippen molar-refractivity contribution < 1.29 is 0 Å². The quantitative estimate of drug-likeness (QED) is 0.627. The summed E-state index contributed by atoms with van der Waals surface area (Å²) in [6, 6.07) is 0.686. The molecule has 0 aromatic heterocycles. The zero-order valence-electron chi connectivity index (χ0n) is 10.5. The third-order valence-electron chi connectivity index (χ3n) is 3.37. The molecule has 1 fully saturated rings. The van der Waals surface area contributed by atoms with Gasteiger partial charge < -0.3 is 5.32 Å². The summed E-state index contributed by atoms with van der Waals surface area (Å²) in [5.74, 6) is 0.985. The zero-order chi connectivity index (χ0) is 11.1. The van der Waals surface area contributed by atoms with Crippen molar-refractivity contribution in [3.8, 4) is 0 Å². The van der Waals surface area contributed by atoms with Crippen LogP contribution in [0.3, 0.4) is 0 Å². The molecule has 0 aliphatic heterocycles. The van der Waals surface area contributed by atoms with Crippen LogP contribution in [0.4, 0.5) is 0 Å². The van der Waals surface area contributed by atoms with Crippen molar-refractivity contribution in [2.45, 2.75) is 64.8 Å². The second-order valence-electron chi connectivity index (χ2n) is 5.20. The monoisotopic (exact) mass is 209 g/mol. The van der Waals surface area contributed by atoms with Gasteiger partial charge in [0.25, 0.3) is 0 Å². The molecule has 1 atom stereocenters. The average molecular weight is 209 g/mol. The fraction of sp³-hybridized carbons (Fsp3) is 0.857. The summed E-state index contributed by atoms with van der Waals surface area (Å²) >= 11 is 0. The molecular weight excluding hydrogens is 182 g/mol. The highest BCUT2D eigenvalue weighted by atomic mass is 14.9. The fourth-order valence-corrected chi connectivity index (χ4v) is 2.66. The second-order valence-corrected chi connectivity index (χ2v) is 5.20. The van der Waals surface area contributed by atoms with Crippen molar-refractivity contribution >= 4 is 0 Å². The van der Waals surface area contributed by atoms with Crippen molar-refractivity contribution in [1.29, 1.82) is 0 Å². The van der Waals surface area contributed by atoms with E-state index in [0.29, 0.717) is 6.04 Å². The average Bonchev–Trinajstić information content (AvgIpc) is 2.66. The minimum atomic E-state index is 0.686. The lowest BCUT2D eigenvalue weighted by Gasteiger charge is -2.22. The van der Waals surface area contributed by atoms with E-state index in [1.165, 1.54) is 44.1 Å². The molecule has 1 heteroatoms. The van der Waals surface area contributed by atoms with Crippen LogP contribution in [0.15, 0.2) is 12.2 Å². The van der Waals surface area contributed by atoms with Crippen molar-refractivity contribution in [3.05, 3.63) is 12.2 Å². The minimum absolute atomic E-state index is 0.686. The van der Waals surface area contributed by atoms with Crippen molar-refractivity contribution in [1.82, 2.24) is 5.32 Å². The van der Waals surface area contributed by atoms with Gasteiger partial charge in [0.2, 0.25) is 0 Å². The normalized spacial score (nSPS) is 19.3. The van der Waals surface area contributed by atoms with Gasteiger partial charge in [-0.15, -0.1) is 6.58 Å². The van der Waals surface area contributed by atoms with E-state index in [2.05, 4.69) is 25.7 Å². The molecule has 0 saturated heterocycles. The largest absolute Gasteiger partial charge is 0.314 e. The lowest BCUT2D eigenvalue weighted by atomic mass is 9.94. The second kappa shape index (κ2) is 7.05. The van der Waals surface area contributed by atoms with E-state index in [-0.39, 0.29) is 0 Å². The smallest absolute Gasteiger partial charge is 0.0107 e. The molecule has 0 aromatic carbocycles. The van der Waals surface area contributed by atoms with Crippen LogP contribution in [0, 0.1) is 5.92 Å². The SMILES string of the molecule is C=C(C)CC(CC1CCCC1)NCCC. The fourth-order valence-electron chi connectivity index (χ4n) is 2.66. The Hall–Kier alpha value is -0.300. The highest BCUT2D eigenvalue weighted by molar-refractivity contribution is 4.93. The third kappa shape index (κ3) is 5.36. The van der Waals surface area contributed by atoms with E-state index in [9.17, 15) is 0 Å². The lowest BCUT2D eigenvalue weighted by Crippen LogP contribution is -2.31. The zero-order valence-corrected chi connectivity index (χ0v) is 10.5. The maximum atomic E-state index is 4.04. The van der Waals surface area contributed by atoms with Crippen LogP contribution in [-0.2, 0) is 0 Å². The minimum Gasteiger partial charge on any atom is -0.314 e. The molecule has 1 aliphatic rings. The summed E-state index contributed by atoms with van der Waals surface area (Å²) in [6.07, 6.45) is 9.60. The maximum Gasteiger partial charge on any atom is 0.0107 e. The van der Waals surface area contributed by atoms with Gasteiger partial charge in [-0.2, -0.15) is 0 Å². The van der Waals surface area contributed by atoms with Crippen LogP contribution in [0.2, 0.25) is 0 Å². The standard InChI is InChI=1S/C14H27N/c1-4-9-15-14(10-12(2)3)11-13-7-5-6-8-13/h13-15H,2,4-11H2,1,3H3. The summed E-state index contributed by atoms with van der Waals surface area (Å²) < 4.78 is 0. The van der Waals surface area contributed by atoms with Crippen LogP contribution in [0.25, 0.3) is 0 Å². The molecule has 15 heavy (non-hydrogen) atoms. The van der Waals surface area contributed by atoms with Crippen LogP contribution in [0.5, 0.6) is 0 Å². The molecule has 1 nitrogen and oxygen atoms in total. The Morgan fingerprint density at radius 1 is 1.40 bits per heavy atom.